The Morgan fingerprint density at radius 3 is 2.18 bits per heavy atom. The zero-order chi connectivity index (χ0) is 27.5. The molecule has 11 nitrogen and oxygen atoms in total. The van der Waals surface area contributed by atoms with E-state index in [9.17, 15) is 14.4 Å². The molecule has 38 heavy (non-hydrogen) atoms. The Morgan fingerprint density at radius 1 is 0.763 bits per heavy atom. The number of amides is 2. The molecule has 2 N–H and O–H groups in total. The van der Waals surface area contributed by atoms with E-state index < -0.39 is 17.8 Å². The second-order valence-corrected chi connectivity index (χ2v) is 7.58. The van der Waals surface area contributed by atoms with Crippen LogP contribution >= 0.6 is 0 Å². The lowest BCUT2D eigenvalue weighted by molar-refractivity contribution is -0.120. The van der Waals surface area contributed by atoms with Gasteiger partial charge in [0.15, 0.2) is 23.0 Å². The molecule has 0 saturated carbocycles. The van der Waals surface area contributed by atoms with E-state index in [0.717, 1.165) is 0 Å². The summed E-state index contributed by atoms with van der Waals surface area (Å²) in [6.45, 7) is -0.299. The van der Waals surface area contributed by atoms with Crippen molar-refractivity contribution in [2.45, 2.75) is 0 Å². The molecule has 0 unspecified atom stereocenters. The van der Waals surface area contributed by atoms with Crippen LogP contribution in [0.1, 0.15) is 26.3 Å². The van der Waals surface area contributed by atoms with Crippen LogP contribution in [0.3, 0.4) is 0 Å². The molecule has 0 aliphatic rings. The van der Waals surface area contributed by atoms with Gasteiger partial charge in [0.25, 0.3) is 11.8 Å². The molecule has 0 radical (unpaired) electrons. The molecule has 0 aromatic heterocycles. The lowest BCUT2D eigenvalue weighted by Gasteiger charge is -2.10. The largest absolute Gasteiger partial charge is 0.497 e. The Kier molecular flexibility index (Phi) is 9.64. The van der Waals surface area contributed by atoms with Gasteiger partial charge in [-0.05, 0) is 60.2 Å². The van der Waals surface area contributed by atoms with Crippen LogP contribution in [0.5, 0.6) is 28.7 Å². The lowest BCUT2D eigenvalue weighted by atomic mass is 10.2. The summed E-state index contributed by atoms with van der Waals surface area (Å²) >= 11 is 0. The molecule has 0 atom stereocenters. The standard InChI is InChI=1S/C27H27N3O8/c1-34-20-7-5-6-19(13-20)27(33)38-22-10-8-17(12-23(22)36-3)15-29-30-25(31)16-28-26(32)18-9-11-21(35-2)24(14-18)37-4/h5-15H,16H2,1-4H3,(H,28,32)(H,30,31)/b29-15-. The first-order valence-electron chi connectivity index (χ1n) is 11.2. The molecular weight excluding hydrogens is 494 g/mol. The third-order valence-electron chi connectivity index (χ3n) is 5.15. The first-order chi connectivity index (χ1) is 18.4. The summed E-state index contributed by atoms with van der Waals surface area (Å²) in [5, 5.41) is 6.39. The van der Waals surface area contributed by atoms with Crippen molar-refractivity contribution in [1.29, 1.82) is 0 Å². The highest BCUT2D eigenvalue weighted by Gasteiger charge is 2.14. The molecule has 3 aromatic rings. The molecule has 3 rings (SSSR count). The zero-order valence-electron chi connectivity index (χ0n) is 21.3. The van der Waals surface area contributed by atoms with Crippen LogP contribution in [0.4, 0.5) is 0 Å². The zero-order valence-corrected chi connectivity index (χ0v) is 21.3. The number of nitrogens with zero attached hydrogens (tertiary/aromatic N) is 1. The maximum absolute atomic E-state index is 12.5. The number of benzene rings is 3. The average molecular weight is 522 g/mol. The number of hydrazone groups is 1. The first kappa shape index (κ1) is 27.5. The molecule has 0 bridgehead atoms. The number of hydrogen-bond acceptors (Lipinski definition) is 9. The fraction of sp³-hybridized carbons (Fsp3) is 0.185. The number of carbonyl (C=O) groups is 3. The van der Waals surface area contributed by atoms with E-state index in [1.165, 1.54) is 40.7 Å². The summed E-state index contributed by atoms with van der Waals surface area (Å²) < 4.78 is 26.2. The minimum Gasteiger partial charge on any atom is -0.497 e. The van der Waals surface area contributed by atoms with Crippen LogP contribution in [0.15, 0.2) is 65.8 Å². The highest BCUT2D eigenvalue weighted by Crippen LogP contribution is 2.29. The van der Waals surface area contributed by atoms with Gasteiger partial charge in [0.1, 0.15) is 5.75 Å². The highest BCUT2D eigenvalue weighted by atomic mass is 16.6. The SMILES string of the molecule is COc1cccc(C(=O)Oc2ccc(/C=N\NC(=O)CNC(=O)c3ccc(OC)c(OC)c3)cc2OC)c1. The van der Waals surface area contributed by atoms with Crippen molar-refractivity contribution >= 4 is 24.0 Å². The molecule has 0 fully saturated rings. The average Bonchev–Trinajstić information content (AvgIpc) is 2.96. The fourth-order valence-electron chi connectivity index (χ4n) is 3.22. The van der Waals surface area contributed by atoms with Gasteiger partial charge in [0, 0.05) is 5.56 Å². The van der Waals surface area contributed by atoms with E-state index in [-0.39, 0.29) is 12.3 Å². The van der Waals surface area contributed by atoms with Crippen molar-refractivity contribution in [2.75, 3.05) is 35.0 Å². The van der Waals surface area contributed by atoms with Gasteiger partial charge in [0.05, 0.1) is 46.8 Å². The van der Waals surface area contributed by atoms with Gasteiger partial charge in [-0.3, -0.25) is 9.59 Å². The Balaban J connectivity index is 1.55. The monoisotopic (exact) mass is 521 g/mol. The molecular formula is C27H27N3O8. The number of rotatable bonds is 11. The number of nitrogens with one attached hydrogen (secondary N) is 2. The van der Waals surface area contributed by atoms with Crippen molar-refractivity contribution in [3.05, 3.63) is 77.4 Å². The van der Waals surface area contributed by atoms with Crippen LogP contribution in [0.25, 0.3) is 0 Å². The lowest BCUT2D eigenvalue weighted by Crippen LogP contribution is -2.34. The quantitative estimate of drug-likeness (QED) is 0.170. The van der Waals surface area contributed by atoms with E-state index in [4.69, 9.17) is 23.7 Å². The molecule has 0 spiro atoms. The van der Waals surface area contributed by atoms with Crippen molar-refractivity contribution in [3.8, 4) is 28.7 Å². The van der Waals surface area contributed by atoms with Crippen LogP contribution in [0, 0.1) is 0 Å². The number of methoxy groups -OCH3 is 4. The Hall–Kier alpha value is -5.06. The highest BCUT2D eigenvalue weighted by molar-refractivity contribution is 5.97. The second kappa shape index (κ2) is 13.3. The minimum absolute atomic E-state index is 0.208. The van der Waals surface area contributed by atoms with E-state index in [0.29, 0.717) is 39.7 Å². The molecule has 198 valence electrons. The molecule has 0 heterocycles. The predicted octanol–water partition coefficient (Wildman–Crippen LogP) is 2.82. The smallest absolute Gasteiger partial charge is 0.343 e. The normalized spacial score (nSPS) is 10.4. The topological polar surface area (TPSA) is 134 Å². The van der Waals surface area contributed by atoms with Gasteiger partial charge in [-0.2, -0.15) is 5.10 Å². The Labute approximate surface area is 219 Å². The van der Waals surface area contributed by atoms with Gasteiger partial charge in [0.2, 0.25) is 0 Å². The van der Waals surface area contributed by atoms with Gasteiger partial charge in [-0.15, -0.1) is 0 Å². The van der Waals surface area contributed by atoms with Gasteiger partial charge in [-0.25, -0.2) is 10.2 Å². The Bertz CT molecular complexity index is 1340. The van der Waals surface area contributed by atoms with Crippen molar-refractivity contribution in [2.24, 2.45) is 5.10 Å². The number of hydrogen-bond donors (Lipinski definition) is 2. The van der Waals surface area contributed by atoms with Gasteiger partial charge >= 0.3 is 5.97 Å². The van der Waals surface area contributed by atoms with Crippen molar-refractivity contribution in [3.63, 3.8) is 0 Å². The van der Waals surface area contributed by atoms with Crippen molar-refractivity contribution in [1.82, 2.24) is 10.7 Å². The molecule has 0 aliphatic heterocycles. The Morgan fingerprint density at radius 2 is 1.47 bits per heavy atom. The van der Waals surface area contributed by atoms with E-state index >= 15 is 0 Å². The second-order valence-electron chi connectivity index (χ2n) is 7.58. The third kappa shape index (κ3) is 7.23. The molecule has 0 aliphatic carbocycles. The van der Waals surface area contributed by atoms with Crippen LogP contribution in [0.2, 0.25) is 0 Å². The number of ether oxygens (including phenoxy) is 5. The molecule has 3 aromatic carbocycles. The van der Waals surface area contributed by atoms with Crippen LogP contribution in [-0.2, 0) is 4.79 Å². The summed E-state index contributed by atoms with van der Waals surface area (Å²) in [4.78, 5) is 36.9. The molecule has 2 amide bonds. The van der Waals surface area contributed by atoms with Crippen LogP contribution < -0.4 is 34.4 Å². The first-order valence-corrected chi connectivity index (χ1v) is 11.2. The summed E-state index contributed by atoms with van der Waals surface area (Å²) in [6, 6.07) is 16.0. The number of esters is 1. The van der Waals surface area contributed by atoms with Crippen LogP contribution in [-0.4, -0.2) is 59.0 Å². The van der Waals surface area contributed by atoms with E-state index in [2.05, 4.69) is 15.8 Å². The van der Waals surface area contributed by atoms with Crippen molar-refractivity contribution < 1.29 is 38.1 Å². The number of carbonyl (C=O) groups excluding carboxylic acids is 3. The van der Waals surface area contributed by atoms with Gasteiger partial charge < -0.3 is 29.0 Å². The third-order valence-corrected chi connectivity index (χ3v) is 5.15. The maximum Gasteiger partial charge on any atom is 0.343 e. The molecule has 11 heteroatoms. The van der Waals surface area contributed by atoms with E-state index in [1.54, 1.807) is 54.6 Å². The summed E-state index contributed by atoms with van der Waals surface area (Å²) in [5.74, 6) is 0.325. The summed E-state index contributed by atoms with van der Waals surface area (Å²) in [7, 11) is 5.89. The molecule has 0 saturated heterocycles. The predicted molar refractivity (Wildman–Crippen MR) is 139 cm³/mol. The summed E-state index contributed by atoms with van der Waals surface area (Å²) in [6.07, 6.45) is 1.38. The summed E-state index contributed by atoms with van der Waals surface area (Å²) in [5.41, 5.74) is 3.52. The minimum atomic E-state index is -0.578. The van der Waals surface area contributed by atoms with E-state index in [1.807, 2.05) is 0 Å². The van der Waals surface area contributed by atoms with Gasteiger partial charge in [-0.1, -0.05) is 6.07 Å². The maximum atomic E-state index is 12.5. The fourth-order valence-corrected chi connectivity index (χ4v) is 3.22.